The summed E-state index contributed by atoms with van der Waals surface area (Å²) in [6, 6.07) is 6.26. The van der Waals surface area contributed by atoms with Crippen molar-refractivity contribution in [3.8, 4) is 0 Å². The SMILES string of the molecule is C[C@H](Cl)C(=O)Nc1nc2ccc(N3CCCC3)cc2s1. The largest absolute Gasteiger partial charge is 0.371 e. The molecule has 1 atom stereocenters. The Bertz CT molecular complexity index is 634. The number of aromatic nitrogens is 1. The number of anilines is 2. The maximum absolute atomic E-state index is 11.6. The van der Waals surface area contributed by atoms with Crippen molar-refractivity contribution in [2.75, 3.05) is 23.3 Å². The van der Waals surface area contributed by atoms with Crippen LogP contribution in [-0.4, -0.2) is 29.4 Å². The molecule has 2 aromatic rings. The van der Waals surface area contributed by atoms with Crippen LogP contribution in [0.4, 0.5) is 10.8 Å². The number of carbonyl (C=O) groups is 1. The van der Waals surface area contributed by atoms with Gasteiger partial charge in [-0.05, 0) is 38.0 Å². The monoisotopic (exact) mass is 309 g/mol. The van der Waals surface area contributed by atoms with Gasteiger partial charge in [0.15, 0.2) is 5.13 Å². The molecule has 20 heavy (non-hydrogen) atoms. The highest BCUT2D eigenvalue weighted by Crippen LogP contribution is 2.31. The third-order valence-electron chi connectivity index (χ3n) is 3.43. The van der Waals surface area contributed by atoms with Crippen LogP contribution >= 0.6 is 22.9 Å². The first kappa shape index (κ1) is 13.6. The Morgan fingerprint density at radius 1 is 1.45 bits per heavy atom. The molecule has 0 spiro atoms. The van der Waals surface area contributed by atoms with Crippen LogP contribution < -0.4 is 10.2 Å². The first-order valence-corrected chi connectivity index (χ1v) is 7.99. The van der Waals surface area contributed by atoms with E-state index in [-0.39, 0.29) is 5.91 Å². The minimum atomic E-state index is -0.554. The van der Waals surface area contributed by atoms with Crippen LogP contribution in [-0.2, 0) is 4.79 Å². The second-order valence-corrected chi connectivity index (χ2v) is 6.66. The standard InChI is InChI=1S/C14H16ClN3OS/c1-9(15)13(19)17-14-16-11-5-4-10(8-12(11)20-14)18-6-2-3-7-18/h4-5,8-9H,2-3,6-7H2,1H3,(H,16,17,19)/t9-/m0/s1. The highest BCUT2D eigenvalue weighted by Gasteiger charge is 2.15. The van der Waals surface area contributed by atoms with Crippen molar-refractivity contribution in [1.29, 1.82) is 0 Å². The Morgan fingerprint density at radius 3 is 2.90 bits per heavy atom. The number of hydrogen-bond acceptors (Lipinski definition) is 4. The fourth-order valence-electron chi connectivity index (χ4n) is 2.34. The molecular weight excluding hydrogens is 294 g/mol. The van der Waals surface area contributed by atoms with Crippen LogP contribution in [0.15, 0.2) is 18.2 Å². The molecule has 2 heterocycles. The van der Waals surface area contributed by atoms with E-state index >= 15 is 0 Å². The fraction of sp³-hybridized carbons (Fsp3) is 0.429. The molecule has 0 radical (unpaired) electrons. The average molecular weight is 310 g/mol. The molecule has 0 aliphatic carbocycles. The Labute approximate surface area is 126 Å². The van der Waals surface area contributed by atoms with Crippen molar-refractivity contribution >= 4 is 49.9 Å². The van der Waals surface area contributed by atoms with E-state index in [9.17, 15) is 4.79 Å². The molecule has 1 aliphatic heterocycles. The summed E-state index contributed by atoms with van der Waals surface area (Å²) in [7, 11) is 0. The number of carbonyl (C=O) groups excluding carboxylic acids is 1. The maximum Gasteiger partial charge on any atom is 0.243 e. The highest BCUT2D eigenvalue weighted by molar-refractivity contribution is 7.22. The van der Waals surface area contributed by atoms with Crippen molar-refractivity contribution in [3.05, 3.63) is 18.2 Å². The topological polar surface area (TPSA) is 45.2 Å². The number of fused-ring (bicyclic) bond motifs is 1. The minimum absolute atomic E-state index is 0.217. The van der Waals surface area contributed by atoms with Gasteiger partial charge in [-0.15, -0.1) is 11.6 Å². The van der Waals surface area contributed by atoms with Crippen LogP contribution in [0.2, 0.25) is 0 Å². The molecule has 6 heteroatoms. The average Bonchev–Trinajstić information content (AvgIpc) is 3.06. The van der Waals surface area contributed by atoms with Crippen LogP contribution in [0, 0.1) is 0 Å². The summed E-state index contributed by atoms with van der Waals surface area (Å²) in [5.74, 6) is -0.217. The Kier molecular flexibility index (Phi) is 3.81. The third-order valence-corrected chi connectivity index (χ3v) is 4.57. The molecule has 3 rings (SSSR count). The number of rotatable bonds is 3. The summed E-state index contributed by atoms with van der Waals surface area (Å²) in [6.07, 6.45) is 2.52. The quantitative estimate of drug-likeness (QED) is 0.883. The van der Waals surface area contributed by atoms with Gasteiger partial charge in [-0.1, -0.05) is 11.3 Å². The molecule has 0 bridgehead atoms. The van der Waals surface area contributed by atoms with Gasteiger partial charge < -0.3 is 10.2 Å². The lowest BCUT2D eigenvalue weighted by Crippen LogP contribution is -2.19. The van der Waals surface area contributed by atoms with Crippen LogP contribution in [0.1, 0.15) is 19.8 Å². The van der Waals surface area contributed by atoms with Gasteiger partial charge >= 0.3 is 0 Å². The third kappa shape index (κ3) is 2.74. The van der Waals surface area contributed by atoms with Gasteiger partial charge in [0.05, 0.1) is 10.2 Å². The number of amides is 1. The summed E-state index contributed by atoms with van der Waals surface area (Å²) < 4.78 is 1.09. The number of halogens is 1. The Balaban J connectivity index is 1.85. The number of hydrogen-bond donors (Lipinski definition) is 1. The molecular formula is C14H16ClN3OS. The molecule has 0 saturated carbocycles. The summed E-state index contributed by atoms with van der Waals surface area (Å²) in [5, 5.41) is 2.80. The zero-order valence-electron chi connectivity index (χ0n) is 11.2. The van der Waals surface area contributed by atoms with Gasteiger partial charge in [-0.25, -0.2) is 4.98 Å². The van der Waals surface area contributed by atoms with Crippen molar-refractivity contribution in [3.63, 3.8) is 0 Å². The molecule has 4 nitrogen and oxygen atoms in total. The van der Waals surface area contributed by atoms with Gasteiger partial charge in [-0.2, -0.15) is 0 Å². The molecule has 0 unspecified atom stereocenters. The van der Waals surface area contributed by atoms with Crippen molar-refractivity contribution < 1.29 is 4.79 Å². The molecule has 1 amide bonds. The predicted molar refractivity (Wildman–Crippen MR) is 85.0 cm³/mol. The van der Waals surface area contributed by atoms with E-state index in [2.05, 4.69) is 27.3 Å². The van der Waals surface area contributed by atoms with E-state index < -0.39 is 5.38 Å². The van der Waals surface area contributed by atoms with Gasteiger partial charge in [0.25, 0.3) is 0 Å². The molecule has 1 aliphatic rings. The van der Waals surface area contributed by atoms with Gasteiger partial charge in [0.1, 0.15) is 5.38 Å². The first-order chi connectivity index (χ1) is 9.63. The smallest absolute Gasteiger partial charge is 0.243 e. The lowest BCUT2D eigenvalue weighted by molar-refractivity contribution is -0.115. The zero-order valence-corrected chi connectivity index (χ0v) is 12.8. The number of alkyl halides is 1. The summed E-state index contributed by atoms with van der Waals surface area (Å²) in [6.45, 7) is 3.89. The molecule has 1 aromatic heterocycles. The van der Waals surface area contributed by atoms with Gasteiger partial charge in [-0.3, -0.25) is 4.79 Å². The highest BCUT2D eigenvalue weighted by atomic mass is 35.5. The number of thiazole rings is 1. The number of nitrogens with zero attached hydrogens (tertiary/aromatic N) is 2. The van der Waals surface area contributed by atoms with E-state index in [1.54, 1.807) is 6.92 Å². The maximum atomic E-state index is 11.6. The van der Waals surface area contributed by atoms with Gasteiger partial charge in [0.2, 0.25) is 5.91 Å². The lowest BCUT2D eigenvalue weighted by atomic mass is 10.3. The predicted octanol–water partition coefficient (Wildman–Crippen LogP) is 3.46. The molecule has 1 N–H and O–H groups in total. The summed E-state index contributed by atoms with van der Waals surface area (Å²) in [4.78, 5) is 18.4. The van der Waals surface area contributed by atoms with E-state index in [0.29, 0.717) is 5.13 Å². The second-order valence-electron chi connectivity index (χ2n) is 4.97. The van der Waals surface area contributed by atoms with Crippen LogP contribution in [0.5, 0.6) is 0 Å². The fourth-order valence-corrected chi connectivity index (χ4v) is 3.30. The van der Waals surface area contributed by atoms with E-state index in [4.69, 9.17) is 11.6 Å². The Morgan fingerprint density at radius 2 is 2.20 bits per heavy atom. The van der Waals surface area contributed by atoms with Crippen LogP contribution in [0.3, 0.4) is 0 Å². The summed E-state index contributed by atoms with van der Waals surface area (Å²) >= 11 is 7.23. The van der Waals surface area contributed by atoms with Crippen LogP contribution in [0.25, 0.3) is 10.2 Å². The lowest BCUT2D eigenvalue weighted by Gasteiger charge is -2.16. The van der Waals surface area contributed by atoms with E-state index in [0.717, 1.165) is 23.3 Å². The Hall–Kier alpha value is -1.33. The van der Waals surface area contributed by atoms with Crippen molar-refractivity contribution in [2.24, 2.45) is 0 Å². The van der Waals surface area contributed by atoms with Crippen molar-refractivity contribution in [2.45, 2.75) is 25.1 Å². The van der Waals surface area contributed by atoms with E-state index in [1.165, 1.54) is 29.9 Å². The van der Waals surface area contributed by atoms with E-state index in [1.807, 2.05) is 6.07 Å². The number of nitrogens with one attached hydrogen (secondary N) is 1. The molecule has 1 fully saturated rings. The van der Waals surface area contributed by atoms with Gasteiger partial charge in [0, 0.05) is 18.8 Å². The zero-order chi connectivity index (χ0) is 14.1. The molecule has 1 aromatic carbocycles. The van der Waals surface area contributed by atoms with Crippen molar-refractivity contribution in [1.82, 2.24) is 4.98 Å². The number of benzene rings is 1. The minimum Gasteiger partial charge on any atom is -0.371 e. The second kappa shape index (κ2) is 5.58. The molecule has 106 valence electrons. The first-order valence-electron chi connectivity index (χ1n) is 6.74. The molecule has 1 saturated heterocycles. The normalized spacial score (nSPS) is 16.6. The summed E-state index contributed by atoms with van der Waals surface area (Å²) in [5.41, 5.74) is 2.15.